The average molecular weight is 249 g/mol. The van der Waals surface area contributed by atoms with Gasteiger partial charge in [-0.1, -0.05) is 51.0 Å². The third kappa shape index (κ3) is 3.47. The lowest BCUT2D eigenvalue weighted by Crippen LogP contribution is -2.29. The lowest BCUT2D eigenvalue weighted by atomic mass is 9.63. The van der Waals surface area contributed by atoms with Crippen LogP contribution in [0.15, 0.2) is 23.3 Å². The van der Waals surface area contributed by atoms with Crippen molar-refractivity contribution in [3.05, 3.63) is 23.3 Å². The number of rotatable bonds is 4. The summed E-state index contributed by atoms with van der Waals surface area (Å²) in [5.74, 6) is -0.264. The van der Waals surface area contributed by atoms with Crippen molar-refractivity contribution < 1.29 is 4.79 Å². The Bertz CT molecular complexity index is 386. The number of amides is 1. The van der Waals surface area contributed by atoms with Crippen molar-refractivity contribution in [2.75, 3.05) is 0 Å². The molecule has 0 radical (unpaired) electrons. The van der Waals surface area contributed by atoms with E-state index in [1.807, 2.05) is 6.08 Å². The molecule has 1 amide bonds. The molecule has 0 aromatic rings. The molecular formula is C16H27NO. The second kappa shape index (κ2) is 5.29. The van der Waals surface area contributed by atoms with Gasteiger partial charge in [0.25, 0.3) is 0 Å². The van der Waals surface area contributed by atoms with Gasteiger partial charge in [-0.15, -0.1) is 0 Å². The molecular weight excluding hydrogens is 222 g/mol. The van der Waals surface area contributed by atoms with Crippen molar-refractivity contribution >= 4 is 5.91 Å². The second-order valence-corrected chi connectivity index (χ2v) is 6.72. The summed E-state index contributed by atoms with van der Waals surface area (Å²) in [6, 6.07) is 0. The standard InChI is InChI=1S/C16H27NO/c1-12-13(8-6-7-9-14(17)18)16(4,5)11-10-15(12,2)3/h6-7H,8-11H2,1-5H3,(H2,17,18). The van der Waals surface area contributed by atoms with Gasteiger partial charge in [0.15, 0.2) is 0 Å². The van der Waals surface area contributed by atoms with Crippen molar-refractivity contribution in [3.8, 4) is 0 Å². The van der Waals surface area contributed by atoms with E-state index in [4.69, 9.17) is 5.73 Å². The summed E-state index contributed by atoms with van der Waals surface area (Å²) in [6.07, 6.45) is 7.75. The Labute approximate surface area is 111 Å². The van der Waals surface area contributed by atoms with Gasteiger partial charge >= 0.3 is 0 Å². The third-order valence-corrected chi connectivity index (χ3v) is 4.47. The highest BCUT2D eigenvalue weighted by molar-refractivity contribution is 5.75. The van der Waals surface area contributed by atoms with Crippen LogP contribution in [0.2, 0.25) is 0 Å². The summed E-state index contributed by atoms with van der Waals surface area (Å²) in [5.41, 5.74) is 8.76. The van der Waals surface area contributed by atoms with Gasteiger partial charge < -0.3 is 5.73 Å². The topological polar surface area (TPSA) is 43.1 Å². The minimum atomic E-state index is -0.264. The second-order valence-electron chi connectivity index (χ2n) is 6.72. The molecule has 0 atom stereocenters. The summed E-state index contributed by atoms with van der Waals surface area (Å²) in [5, 5.41) is 0. The maximum atomic E-state index is 10.7. The zero-order chi connectivity index (χ0) is 14.0. The number of primary amides is 1. The van der Waals surface area contributed by atoms with E-state index in [1.54, 1.807) is 0 Å². The fourth-order valence-electron chi connectivity index (χ4n) is 2.71. The van der Waals surface area contributed by atoms with E-state index in [0.29, 0.717) is 11.8 Å². The summed E-state index contributed by atoms with van der Waals surface area (Å²) < 4.78 is 0. The lowest BCUT2D eigenvalue weighted by Gasteiger charge is -2.42. The zero-order valence-electron chi connectivity index (χ0n) is 12.5. The minimum Gasteiger partial charge on any atom is -0.369 e. The van der Waals surface area contributed by atoms with E-state index in [-0.39, 0.29) is 11.3 Å². The van der Waals surface area contributed by atoms with Crippen LogP contribution in [0.3, 0.4) is 0 Å². The molecule has 0 heterocycles. The lowest BCUT2D eigenvalue weighted by molar-refractivity contribution is -0.117. The smallest absolute Gasteiger partial charge is 0.221 e. The van der Waals surface area contributed by atoms with Crippen LogP contribution >= 0.6 is 0 Å². The number of hydrogen-bond donors (Lipinski definition) is 1. The van der Waals surface area contributed by atoms with Gasteiger partial charge in [0.1, 0.15) is 0 Å². The van der Waals surface area contributed by atoms with Gasteiger partial charge in [0.05, 0.1) is 0 Å². The molecule has 0 unspecified atom stereocenters. The largest absolute Gasteiger partial charge is 0.369 e. The fourth-order valence-corrected chi connectivity index (χ4v) is 2.71. The van der Waals surface area contributed by atoms with Crippen LogP contribution in [0.4, 0.5) is 0 Å². The Morgan fingerprint density at radius 1 is 1.17 bits per heavy atom. The number of carbonyl (C=O) groups is 1. The maximum Gasteiger partial charge on any atom is 0.221 e. The first-order valence-corrected chi connectivity index (χ1v) is 6.81. The Balaban J connectivity index is 2.87. The highest BCUT2D eigenvalue weighted by atomic mass is 16.1. The molecule has 0 aromatic carbocycles. The molecule has 1 rings (SSSR count). The normalized spacial score (nSPS) is 22.5. The Morgan fingerprint density at radius 3 is 2.28 bits per heavy atom. The van der Waals surface area contributed by atoms with E-state index >= 15 is 0 Å². The number of hydrogen-bond acceptors (Lipinski definition) is 1. The summed E-state index contributed by atoms with van der Waals surface area (Å²) >= 11 is 0. The van der Waals surface area contributed by atoms with Crippen molar-refractivity contribution in [1.29, 1.82) is 0 Å². The van der Waals surface area contributed by atoms with Crippen molar-refractivity contribution in [1.82, 2.24) is 0 Å². The molecule has 0 fully saturated rings. The first-order valence-electron chi connectivity index (χ1n) is 6.81. The minimum absolute atomic E-state index is 0.264. The maximum absolute atomic E-state index is 10.7. The van der Waals surface area contributed by atoms with Gasteiger partial charge in [-0.05, 0) is 37.0 Å². The van der Waals surface area contributed by atoms with Crippen LogP contribution in [0.1, 0.15) is 60.3 Å². The van der Waals surface area contributed by atoms with E-state index in [9.17, 15) is 4.79 Å². The first-order chi connectivity index (χ1) is 8.17. The molecule has 0 aliphatic heterocycles. The number of allylic oxidation sites excluding steroid dienone is 3. The van der Waals surface area contributed by atoms with Gasteiger partial charge in [0.2, 0.25) is 5.91 Å². The fraction of sp³-hybridized carbons (Fsp3) is 0.688. The predicted molar refractivity (Wildman–Crippen MR) is 77.1 cm³/mol. The van der Waals surface area contributed by atoms with Crippen molar-refractivity contribution in [2.45, 2.75) is 60.3 Å². The van der Waals surface area contributed by atoms with Crippen molar-refractivity contribution in [3.63, 3.8) is 0 Å². The van der Waals surface area contributed by atoms with Crippen LogP contribution in [0, 0.1) is 10.8 Å². The summed E-state index contributed by atoms with van der Waals surface area (Å²) in [4.78, 5) is 10.7. The molecule has 0 saturated carbocycles. The molecule has 2 N–H and O–H groups in total. The summed E-state index contributed by atoms with van der Waals surface area (Å²) in [6.45, 7) is 11.6. The SMILES string of the molecule is CC1=C(CC=CCC(N)=O)C(C)(C)CCC1(C)C. The molecule has 102 valence electrons. The molecule has 2 heteroatoms. The van der Waals surface area contributed by atoms with E-state index in [1.165, 1.54) is 24.0 Å². The van der Waals surface area contributed by atoms with E-state index in [0.717, 1.165) is 6.42 Å². The molecule has 2 nitrogen and oxygen atoms in total. The highest BCUT2D eigenvalue weighted by Crippen LogP contribution is 2.49. The van der Waals surface area contributed by atoms with Crippen LogP contribution in [0.25, 0.3) is 0 Å². The monoisotopic (exact) mass is 249 g/mol. The van der Waals surface area contributed by atoms with Gasteiger partial charge in [-0.25, -0.2) is 0 Å². The molecule has 1 aliphatic carbocycles. The first kappa shape index (κ1) is 15.0. The number of nitrogens with two attached hydrogens (primary N) is 1. The Kier molecular flexibility index (Phi) is 4.41. The zero-order valence-corrected chi connectivity index (χ0v) is 12.5. The quantitative estimate of drug-likeness (QED) is 0.753. The molecule has 0 aromatic heterocycles. The highest BCUT2D eigenvalue weighted by Gasteiger charge is 2.36. The predicted octanol–water partition coefficient (Wildman–Crippen LogP) is 3.97. The molecule has 18 heavy (non-hydrogen) atoms. The molecule has 0 bridgehead atoms. The third-order valence-electron chi connectivity index (χ3n) is 4.47. The Hall–Kier alpha value is -1.05. The molecule has 0 saturated heterocycles. The van der Waals surface area contributed by atoms with Crippen LogP contribution in [0.5, 0.6) is 0 Å². The summed E-state index contributed by atoms with van der Waals surface area (Å²) in [7, 11) is 0. The van der Waals surface area contributed by atoms with Crippen LogP contribution in [-0.4, -0.2) is 5.91 Å². The molecule has 1 aliphatic rings. The van der Waals surface area contributed by atoms with Gasteiger partial charge in [-0.3, -0.25) is 4.79 Å². The van der Waals surface area contributed by atoms with Crippen LogP contribution in [-0.2, 0) is 4.79 Å². The van der Waals surface area contributed by atoms with E-state index < -0.39 is 0 Å². The van der Waals surface area contributed by atoms with Crippen molar-refractivity contribution in [2.24, 2.45) is 16.6 Å². The Morgan fingerprint density at radius 2 is 1.72 bits per heavy atom. The average Bonchev–Trinajstić information content (AvgIpc) is 2.23. The number of carbonyl (C=O) groups excluding carboxylic acids is 1. The van der Waals surface area contributed by atoms with Gasteiger partial charge in [-0.2, -0.15) is 0 Å². The van der Waals surface area contributed by atoms with Gasteiger partial charge in [0, 0.05) is 6.42 Å². The van der Waals surface area contributed by atoms with Crippen LogP contribution < -0.4 is 5.73 Å². The van der Waals surface area contributed by atoms with E-state index in [2.05, 4.69) is 40.7 Å². The molecule has 0 spiro atoms.